The molecule has 0 heterocycles. The molecule has 0 spiro atoms. The van der Waals surface area contributed by atoms with Gasteiger partial charge >= 0.3 is 5.97 Å². The van der Waals surface area contributed by atoms with Gasteiger partial charge in [0.25, 0.3) is 0 Å². The fraction of sp³-hybridized carbons (Fsp3) is 0.333. The first-order valence-corrected chi connectivity index (χ1v) is 13.5. The van der Waals surface area contributed by atoms with E-state index >= 15 is 0 Å². The van der Waals surface area contributed by atoms with Crippen LogP contribution in [-0.2, 0) is 31.4 Å². The van der Waals surface area contributed by atoms with Gasteiger partial charge in [-0.1, -0.05) is 31.5 Å². The molecule has 210 valence electrons. The van der Waals surface area contributed by atoms with Gasteiger partial charge in [-0.25, -0.2) is 9.18 Å². The van der Waals surface area contributed by atoms with E-state index in [-0.39, 0.29) is 34.3 Å². The number of halogens is 2. The molecule has 9 nitrogen and oxygen atoms in total. The van der Waals surface area contributed by atoms with Gasteiger partial charge < -0.3 is 25.6 Å². The molecule has 0 aliphatic rings. The molecule has 4 N–H and O–H groups in total. The average molecular weight is 581 g/mol. The Balaban J connectivity index is 2.09. The topological polar surface area (TPSA) is 142 Å². The molecule has 0 saturated carbocycles. The highest BCUT2D eigenvalue weighted by Gasteiger charge is 2.27. The summed E-state index contributed by atoms with van der Waals surface area (Å²) in [5, 5.41) is 24.1. The van der Waals surface area contributed by atoms with E-state index in [0.717, 1.165) is 11.8 Å². The van der Waals surface area contributed by atoms with Crippen LogP contribution in [0.25, 0.3) is 0 Å². The summed E-state index contributed by atoms with van der Waals surface area (Å²) in [4.78, 5) is 49.9. The van der Waals surface area contributed by atoms with Crippen molar-refractivity contribution in [3.63, 3.8) is 0 Å². The minimum Gasteiger partial charge on any atom is -0.508 e. The van der Waals surface area contributed by atoms with Crippen molar-refractivity contribution in [2.24, 2.45) is 5.92 Å². The number of ether oxygens (including phenoxy) is 1. The van der Waals surface area contributed by atoms with Gasteiger partial charge in [-0.3, -0.25) is 14.4 Å². The van der Waals surface area contributed by atoms with Crippen molar-refractivity contribution in [2.45, 2.75) is 39.0 Å². The van der Waals surface area contributed by atoms with Gasteiger partial charge in [0.15, 0.2) is 5.78 Å². The lowest BCUT2D eigenvalue weighted by Gasteiger charge is -2.22. The fourth-order valence-electron chi connectivity index (χ4n) is 3.45. The maximum Gasteiger partial charge on any atom is 0.330 e. The normalized spacial score (nSPS) is 12.1. The summed E-state index contributed by atoms with van der Waals surface area (Å²) in [6, 6.07) is 7.42. The van der Waals surface area contributed by atoms with Crippen molar-refractivity contribution in [3.8, 4) is 11.5 Å². The number of allylic oxidation sites excluding steroid dienone is 1. The van der Waals surface area contributed by atoms with E-state index in [1.54, 1.807) is 20.8 Å². The summed E-state index contributed by atoms with van der Waals surface area (Å²) in [6.07, 6.45) is 0.365. The van der Waals surface area contributed by atoms with Crippen LogP contribution in [-0.4, -0.2) is 52.2 Å². The van der Waals surface area contributed by atoms with Gasteiger partial charge in [-0.15, -0.1) is 11.8 Å². The second-order valence-electron chi connectivity index (χ2n) is 8.69. The standard InChI is InChI=1S/C27H30ClFN2O7S/c1-4-38-23-9-8-17(32)10-16(23)11-24(34)31-26(15(2)3)27(37)30-21(12-25(35)36)22(33)14-39-13-18-19(28)6-5-7-20(18)29/h5-10,12,15,26,32H,4,11,13-14H2,1-3H3,(H,30,37)(H,31,34)(H,35,36)/b21-12+/t26-/m0/s1. The summed E-state index contributed by atoms with van der Waals surface area (Å²) in [5.41, 5.74) is 0.128. The number of amides is 2. The smallest absolute Gasteiger partial charge is 0.330 e. The van der Waals surface area contributed by atoms with E-state index in [4.69, 9.17) is 16.3 Å². The molecule has 2 amide bonds. The highest BCUT2D eigenvalue weighted by molar-refractivity contribution is 7.99. The number of hydrogen-bond donors (Lipinski definition) is 4. The third kappa shape index (κ3) is 9.92. The monoisotopic (exact) mass is 580 g/mol. The molecule has 1 atom stereocenters. The number of nitrogens with one attached hydrogen (secondary N) is 2. The van der Waals surface area contributed by atoms with Gasteiger partial charge in [0.05, 0.1) is 30.6 Å². The first-order valence-electron chi connectivity index (χ1n) is 12.0. The van der Waals surface area contributed by atoms with Crippen LogP contribution < -0.4 is 15.4 Å². The lowest BCUT2D eigenvalue weighted by atomic mass is 10.0. The maximum absolute atomic E-state index is 14.0. The molecule has 2 rings (SSSR count). The molecule has 12 heteroatoms. The van der Waals surface area contributed by atoms with Crippen molar-refractivity contribution < 1.29 is 38.5 Å². The third-order valence-electron chi connectivity index (χ3n) is 5.33. The third-order valence-corrected chi connectivity index (χ3v) is 6.64. The number of phenolic OH excluding ortho intramolecular Hbond substituents is 1. The molecule has 0 saturated heterocycles. The van der Waals surface area contributed by atoms with Gasteiger partial charge in [-0.2, -0.15) is 0 Å². The van der Waals surface area contributed by atoms with E-state index in [0.29, 0.717) is 24.0 Å². The minimum atomic E-state index is -1.46. The first-order chi connectivity index (χ1) is 18.4. The Morgan fingerprint density at radius 1 is 1.18 bits per heavy atom. The van der Waals surface area contributed by atoms with Crippen LogP contribution in [0.5, 0.6) is 11.5 Å². The second-order valence-corrected chi connectivity index (χ2v) is 10.1. The summed E-state index contributed by atoms with van der Waals surface area (Å²) in [6.45, 7) is 5.45. The summed E-state index contributed by atoms with van der Waals surface area (Å²) in [7, 11) is 0. The Bertz CT molecular complexity index is 1230. The molecule has 0 fully saturated rings. The maximum atomic E-state index is 14.0. The van der Waals surface area contributed by atoms with Crippen LogP contribution >= 0.6 is 23.4 Å². The van der Waals surface area contributed by atoms with Crippen LogP contribution in [0.1, 0.15) is 31.9 Å². The van der Waals surface area contributed by atoms with E-state index < -0.39 is 47.0 Å². The van der Waals surface area contributed by atoms with Crippen LogP contribution in [0.4, 0.5) is 4.39 Å². The zero-order valence-electron chi connectivity index (χ0n) is 21.6. The number of carboxylic acid groups (broad SMARTS) is 1. The largest absolute Gasteiger partial charge is 0.508 e. The number of ketones is 1. The molecule has 39 heavy (non-hydrogen) atoms. The van der Waals surface area contributed by atoms with E-state index in [1.807, 2.05) is 0 Å². The van der Waals surface area contributed by atoms with E-state index in [9.17, 15) is 33.8 Å². The highest BCUT2D eigenvalue weighted by Crippen LogP contribution is 2.25. The van der Waals surface area contributed by atoms with Crippen LogP contribution in [0, 0.1) is 11.7 Å². The van der Waals surface area contributed by atoms with E-state index in [1.165, 1.54) is 36.4 Å². The fourth-order valence-corrected chi connectivity index (χ4v) is 4.70. The molecule has 2 aromatic rings. The molecule has 0 bridgehead atoms. The lowest BCUT2D eigenvalue weighted by Crippen LogP contribution is -2.50. The summed E-state index contributed by atoms with van der Waals surface area (Å²) < 4.78 is 19.5. The number of aromatic hydroxyl groups is 1. The first kappa shape index (κ1) is 31.6. The number of carboxylic acids is 1. The van der Waals surface area contributed by atoms with Crippen molar-refractivity contribution in [3.05, 3.63) is 70.1 Å². The molecule has 0 aromatic heterocycles. The SMILES string of the molecule is CCOc1ccc(O)cc1CC(=O)N[C@H](C(=O)N/C(=C/C(=O)O)C(=O)CSCc1c(F)cccc1Cl)C(C)C. The molecule has 0 unspecified atom stereocenters. The van der Waals surface area contributed by atoms with Crippen LogP contribution in [0.3, 0.4) is 0 Å². The molecule has 0 aliphatic carbocycles. The number of benzene rings is 2. The minimum absolute atomic E-state index is 0.0506. The van der Waals surface area contributed by atoms with Gasteiger partial charge in [-0.05, 0) is 43.2 Å². The second kappa shape index (κ2) is 15.1. The highest BCUT2D eigenvalue weighted by atomic mass is 35.5. The number of thioether (sulfide) groups is 1. The Morgan fingerprint density at radius 3 is 2.51 bits per heavy atom. The van der Waals surface area contributed by atoms with E-state index in [2.05, 4.69) is 10.6 Å². The van der Waals surface area contributed by atoms with Gasteiger partial charge in [0.2, 0.25) is 11.8 Å². The van der Waals surface area contributed by atoms with Crippen LogP contribution in [0.15, 0.2) is 48.2 Å². The zero-order chi connectivity index (χ0) is 29.1. The number of carbonyl (C=O) groups is 4. The quantitative estimate of drug-likeness (QED) is 0.247. The predicted octanol–water partition coefficient (Wildman–Crippen LogP) is 3.85. The number of aliphatic carboxylic acids is 1. The van der Waals surface area contributed by atoms with Gasteiger partial charge in [0, 0.05) is 21.9 Å². The number of phenols is 1. The molecule has 0 radical (unpaired) electrons. The molecule has 2 aromatic carbocycles. The lowest BCUT2D eigenvalue weighted by molar-refractivity contribution is -0.132. The zero-order valence-corrected chi connectivity index (χ0v) is 23.2. The van der Waals surface area contributed by atoms with Crippen molar-refractivity contribution in [2.75, 3.05) is 12.4 Å². The number of Topliss-reactive ketones (excluding diaryl/α,β-unsaturated/α-hetero) is 1. The van der Waals surface area contributed by atoms with Crippen LogP contribution in [0.2, 0.25) is 5.02 Å². The summed E-state index contributed by atoms with van der Waals surface area (Å²) >= 11 is 6.99. The average Bonchev–Trinajstić information content (AvgIpc) is 2.85. The Kier molecular flexibility index (Phi) is 12.3. The Morgan fingerprint density at radius 2 is 1.90 bits per heavy atom. The molecular formula is C27H30ClFN2O7S. The van der Waals surface area contributed by atoms with Crippen molar-refractivity contribution in [1.82, 2.24) is 10.6 Å². The number of carbonyl (C=O) groups excluding carboxylic acids is 3. The van der Waals surface area contributed by atoms with Crippen molar-refractivity contribution >= 4 is 46.9 Å². The number of hydrogen-bond acceptors (Lipinski definition) is 7. The number of rotatable bonds is 14. The molecule has 0 aliphatic heterocycles. The van der Waals surface area contributed by atoms with Crippen molar-refractivity contribution in [1.29, 1.82) is 0 Å². The molecular weight excluding hydrogens is 551 g/mol. The Labute approximate surface area is 234 Å². The summed E-state index contributed by atoms with van der Waals surface area (Å²) in [5.74, 6) is -4.34. The van der Waals surface area contributed by atoms with Gasteiger partial charge in [0.1, 0.15) is 23.4 Å². The predicted molar refractivity (Wildman–Crippen MR) is 146 cm³/mol. The Hall–Kier alpha value is -3.57.